The molecule has 17 heavy (non-hydrogen) atoms. The standard InChI is InChI=1S/C10H19NO4S2/c1-9-4-2-3-6-11(9)17(14,15)10-5-7-16(12,13)8-10/h9-10H,2-8H2,1H3/t9-,10+/m1/s1. The molecule has 2 rings (SSSR count). The van der Waals surface area contributed by atoms with Crippen LogP contribution in [0, 0.1) is 0 Å². The van der Waals surface area contributed by atoms with Crippen LogP contribution in [0.25, 0.3) is 0 Å². The van der Waals surface area contributed by atoms with Gasteiger partial charge in [0, 0.05) is 12.6 Å². The molecule has 2 atom stereocenters. The fraction of sp³-hybridized carbons (Fsp3) is 1.00. The van der Waals surface area contributed by atoms with Crippen LogP contribution in [0.2, 0.25) is 0 Å². The summed E-state index contributed by atoms with van der Waals surface area (Å²) in [6.45, 7) is 2.44. The summed E-state index contributed by atoms with van der Waals surface area (Å²) in [6, 6.07) is 0.0112. The molecule has 7 heteroatoms. The molecule has 0 aliphatic carbocycles. The van der Waals surface area contributed by atoms with Crippen LogP contribution >= 0.6 is 0 Å². The Kier molecular flexibility index (Phi) is 3.53. The average Bonchev–Trinajstić information content (AvgIpc) is 2.60. The highest BCUT2D eigenvalue weighted by Gasteiger charge is 2.42. The van der Waals surface area contributed by atoms with Crippen LogP contribution in [0.3, 0.4) is 0 Å². The lowest BCUT2D eigenvalue weighted by molar-refractivity contribution is 0.266. The fourth-order valence-corrected chi connectivity index (χ4v) is 7.43. The molecule has 0 aromatic heterocycles. The summed E-state index contributed by atoms with van der Waals surface area (Å²) in [4.78, 5) is 0. The Bertz CT molecular complexity index is 482. The van der Waals surface area contributed by atoms with Gasteiger partial charge in [0.2, 0.25) is 10.0 Å². The topological polar surface area (TPSA) is 71.5 Å². The molecule has 0 unspecified atom stereocenters. The van der Waals surface area contributed by atoms with Crippen molar-refractivity contribution in [3.8, 4) is 0 Å². The summed E-state index contributed by atoms with van der Waals surface area (Å²) in [6.07, 6.45) is 3.06. The third kappa shape index (κ3) is 2.66. The number of sulfonamides is 1. The molecule has 0 N–H and O–H groups in total. The lowest BCUT2D eigenvalue weighted by Crippen LogP contribution is -2.46. The van der Waals surface area contributed by atoms with Gasteiger partial charge in [-0.05, 0) is 26.2 Å². The predicted octanol–water partition coefficient (Wildman–Crippen LogP) is 0.378. The van der Waals surface area contributed by atoms with E-state index in [0.717, 1.165) is 19.3 Å². The quantitative estimate of drug-likeness (QED) is 0.733. The van der Waals surface area contributed by atoms with E-state index in [0.29, 0.717) is 6.54 Å². The van der Waals surface area contributed by atoms with Gasteiger partial charge in [-0.1, -0.05) is 6.42 Å². The Labute approximate surface area is 103 Å². The molecule has 0 amide bonds. The van der Waals surface area contributed by atoms with Gasteiger partial charge < -0.3 is 0 Å². The second kappa shape index (κ2) is 4.51. The molecule has 0 saturated carbocycles. The summed E-state index contributed by atoms with van der Waals surface area (Å²) in [5.41, 5.74) is 0. The number of piperidine rings is 1. The van der Waals surface area contributed by atoms with Crippen LogP contribution in [-0.2, 0) is 19.9 Å². The number of hydrogen-bond acceptors (Lipinski definition) is 4. The van der Waals surface area contributed by atoms with Crippen molar-refractivity contribution in [1.29, 1.82) is 0 Å². The molecular formula is C10H19NO4S2. The molecule has 2 aliphatic rings. The van der Waals surface area contributed by atoms with E-state index in [-0.39, 0.29) is 24.0 Å². The smallest absolute Gasteiger partial charge is 0.218 e. The first-order valence-corrected chi connectivity index (χ1v) is 9.36. The highest BCUT2D eigenvalue weighted by molar-refractivity contribution is 7.95. The van der Waals surface area contributed by atoms with Gasteiger partial charge in [-0.2, -0.15) is 4.31 Å². The zero-order valence-electron chi connectivity index (χ0n) is 10.0. The molecule has 0 radical (unpaired) electrons. The monoisotopic (exact) mass is 281 g/mol. The van der Waals surface area contributed by atoms with E-state index in [4.69, 9.17) is 0 Å². The van der Waals surface area contributed by atoms with Gasteiger partial charge in [0.25, 0.3) is 0 Å². The normalized spacial score (nSPS) is 34.9. The Balaban J connectivity index is 2.19. The van der Waals surface area contributed by atoms with Crippen molar-refractivity contribution in [1.82, 2.24) is 4.31 Å². The molecule has 0 aromatic rings. The van der Waals surface area contributed by atoms with Crippen molar-refractivity contribution in [3.63, 3.8) is 0 Å². The van der Waals surface area contributed by atoms with E-state index in [1.165, 1.54) is 4.31 Å². The first kappa shape index (κ1) is 13.3. The maximum Gasteiger partial charge on any atom is 0.218 e. The number of rotatable bonds is 2. The number of nitrogens with zero attached hydrogens (tertiary/aromatic N) is 1. The second-order valence-electron chi connectivity index (χ2n) is 5.03. The summed E-state index contributed by atoms with van der Waals surface area (Å²) in [5.74, 6) is -0.183. The van der Waals surface area contributed by atoms with Gasteiger partial charge in [0.15, 0.2) is 9.84 Å². The maximum atomic E-state index is 12.3. The van der Waals surface area contributed by atoms with Crippen LogP contribution in [-0.4, -0.2) is 50.5 Å². The third-order valence-electron chi connectivity index (χ3n) is 3.68. The molecule has 2 saturated heterocycles. The van der Waals surface area contributed by atoms with E-state index in [9.17, 15) is 16.8 Å². The van der Waals surface area contributed by atoms with Gasteiger partial charge in [-0.25, -0.2) is 16.8 Å². The van der Waals surface area contributed by atoms with E-state index in [1.54, 1.807) is 0 Å². The summed E-state index contributed by atoms with van der Waals surface area (Å²) in [7, 11) is -6.57. The summed E-state index contributed by atoms with van der Waals surface area (Å²) < 4.78 is 48.9. The second-order valence-corrected chi connectivity index (χ2v) is 9.42. The van der Waals surface area contributed by atoms with Crippen molar-refractivity contribution >= 4 is 19.9 Å². The van der Waals surface area contributed by atoms with Crippen LogP contribution in [0.4, 0.5) is 0 Å². The molecule has 0 spiro atoms. The first-order chi connectivity index (χ1) is 7.83. The van der Waals surface area contributed by atoms with E-state index in [2.05, 4.69) is 0 Å². The molecule has 2 fully saturated rings. The van der Waals surface area contributed by atoms with Gasteiger partial charge in [-0.3, -0.25) is 0 Å². The minimum atomic E-state index is -3.43. The van der Waals surface area contributed by atoms with Crippen molar-refractivity contribution in [3.05, 3.63) is 0 Å². The summed E-state index contributed by atoms with van der Waals surface area (Å²) >= 11 is 0. The zero-order chi connectivity index (χ0) is 12.7. The highest BCUT2D eigenvalue weighted by Crippen LogP contribution is 2.27. The Morgan fingerprint density at radius 3 is 2.41 bits per heavy atom. The fourth-order valence-electron chi connectivity index (χ4n) is 2.64. The Morgan fingerprint density at radius 2 is 1.88 bits per heavy atom. The van der Waals surface area contributed by atoms with Gasteiger partial charge in [0.1, 0.15) is 0 Å². The highest BCUT2D eigenvalue weighted by atomic mass is 32.2. The molecule has 0 bridgehead atoms. The average molecular weight is 281 g/mol. The van der Waals surface area contributed by atoms with Crippen molar-refractivity contribution in [2.45, 2.75) is 43.9 Å². The lowest BCUT2D eigenvalue weighted by Gasteiger charge is -2.34. The predicted molar refractivity (Wildman–Crippen MR) is 66.0 cm³/mol. The van der Waals surface area contributed by atoms with Crippen LogP contribution in [0.5, 0.6) is 0 Å². The van der Waals surface area contributed by atoms with Crippen molar-refractivity contribution in [2.24, 2.45) is 0 Å². The number of sulfone groups is 1. The maximum absolute atomic E-state index is 12.3. The van der Waals surface area contributed by atoms with Crippen molar-refractivity contribution in [2.75, 3.05) is 18.1 Å². The van der Waals surface area contributed by atoms with Gasteiger partial charge >= 0.3 is 0 Å². The lowest BCUT2D eigenvalue weighted by atomic mass is 10.1. The third-order valence-corrected chi connectivity index (χ3v) is 8.10. The largest absolute Gasteiger partial charge is 0.229 e. The van der Waals surface area contributed by atoms with Gasteiger partial charge in [-0.15, -0.1) is 0 Å². The molecule has 100 valence electrons. The van der Waals surface area contributed by atoms with E-state index >= 15 is 0 Å². The molecule has 2 heterocycles. The molecule has 5 nitrogen and oxygen atoms in total. The molecular weight excluding hydrogens is 262 g/mol. The van der Waals surface area contributed by atoms with E-state index < -0.39 is 25.1 Å². The van der Waals surface area contributed by atoms with Crippen LogP contribution in [0.1, 0.15) is 32.6 Å². The number of hydrogen-bond donors (Lipinski definition) is 0. The minimum absolute atomic E-state index is 0.0112. The molecule has 2 aliphatic heterocycles. The van der Waals surface area contributed by atoms with Crippen molar-refractivity contribution < 1.29 is 16.8 Å². The van der Waals surface area contributed by atoms with Gasteiger partial charge in [0.05, 0.1) is 16.8 Å². The van der Waals surface area contributed by atoms with Crippen LogP contribution in [0.15, 0.2) is 0 Å². The zero-order valence-corrected chi connectivity index (χ0v) is 11.6. The van der Waals surface area contributed by atoms with E-state index in [1.807, 2.05) is 6.92 Å². The summed E-state index contributed by atoms with van der Waals surface area (Å²) in [5, 5.41) is -0.715. The first-order valence-electron chi connectivity index (χ1n) is 6.04. The Hall–Kier alpha value is -0.140. The van der Waals surface area contributed by atoms with Crippen LogP contribution < -0.4 is 0 Å². The minimum Gasteiger partial charge on any atom is -0.229 e. The Morgan fingerprint density at radius 1 is 1.18 bits per heavy atom. The SMILES string of the molecule is C[C@@H]1CCCCN1S(=O)(=O)[C@H]1CCS(=O)(=O)C1. The molecule has 0 aromatic carbocycles.